The molecule has 4 heterocycles. The molecule has 3 aromatic heterocycles. The molecule has 4 rings (SSSR count). The van der Waals surface area contributed by atoms with Crippen molar-refractivity contribution in [1.29, 1.82) is 0 Å². The van der Waals surface area contributed by atoms with E-state index in [4.69, 9.17) is 9.15 Å². The van der Waals surface area contributed by atoms with Gasteiger partial charge in [0.05, 0.1) is 17.9 Å². The standard InChI is InChI=1S/C17H18N6O3/c1-11-15(26-10-19-11)17(24)22-6-7-23-14(20-21-16(23)12(22)2)9-25-13-4-3-5-18-8-13/h3-5,8,10,12H,6-7,9H2,1-2H3/t12-/m1/s1. The maximum Gasteiger partial charge on any atom is 0.292 e. The number of pyridine rings is 1. The van der Waals surface area contributed by atoms with E-state index < -0.39 is 0 Å². The fourth-order valence-corrected chi connectivity index (χ4v) is 3.04. The Kier molecular flexibility index (Phi) is 4.11. The number of aromatic nitrogens is 5. The zero-order valence-corrected chi connectivity index (χ0v) is 14.5. The molecule has 0 saturated carbocycles. The second kappa shape index (κ2) is 6.58. The highest BCUT2D eigenvalue weighted by Crippen LogP contribution is 2.27. The van der Waals surface area contributed by atoms with Gasteiger partial charge in [-0.1, -0.05) is 0 Å². The molecule has 0 radical (unpaired) electrons. The lowest BCUT2D eigenvalue weighted by Gasteiger charge is -2.33. The van der Waals surface area contributed by atoms with Gasteiger partial charge in [0.1, 0.15) is 12.4 Å². The zero-order chi connectivity index (χ0) is 18.1. The van der Waals surface area contributed by atoms with Crippen LogP contribution in [-0.4, -0.2) is 42.1 Å². The normalized spacial score (nSPS) is 16.4. The van der Waals surface area contributed by atoms with Crippen molar-refractivity contribution in [3.63, 3.8) is 0 Å². The first-order valence-electron chi connectivity index (χ1n) is 8.31. The fraction of sp³-hybridized carbons (Fsp3) is 0.353. The van der Waals surface area contributed by atoms with E-state index in [0.29, 0.717) is 31.1 Å². The summed E-state index contributed by atoms with van der Waals surface area (Å²) in [6.07, 6.45) is 4.62. The Morgan fingerprint density at radius 3 is 3.00 bits per heavy atom. The lowest BCUT2D eigenvalue weighted by atomic mass is 10.2. The molecule has 1 aliphatic heterocycles. The number of oxazole rings is 1. The minimum atomic E-state index is -0.222. The molecule has 0 saturated heterocycles. The zero-order valence-electron chi connectivity index (χ0n) is 14.5. The van der Waals surface area contributed by atoms with Gasteiger partial charge in [0, 0.05) is 19.3 Å². The summed E-state index contributed by atoms with van der Waals surface area (Å²) in [4.78, 5) is 22.5. The average molecular weight is 354 g/mol. The second-order valence-electron chi connectivity index (χ2n) is 6.04. The molecule has 0 bridgehead atoms. The molecule has 9 heteroatoms. The van der Waals surface area contributed by atoms with Crippen LogP contribution in [-0.2, 0) is 13.2 Å². The molecule has 26 heavy (non-hydrogen) atoms. The van der Waals surface area contributed by atoms with E-state index in [1.165, 1.54) is 6.39 Å². The molecule has 0 fully saturated rings. The van der Waals surface area contributed by atoms with Crippen molar-refractivity contribution in [2.75, 3.05) is 6.54 Å². The molecule has 1 amide bonds. The fourth-order valence-electron chi connectivity index (χ4n) is 3.04. The topological polar surface area (TPSA) is 99.2 Å². The summed E-state index contributed by atoms with van der Waals surface area (Å²) < 4.78 is 12.9. The van der Waals surface area contributed by atoms with Gasteiger partial charge in [-0.2, -0.15) is 0 Å². The van der Waals surface area contributed by atoms with Crippen LogP contribution >= 0.6 is 0 Å². The number of ether oxygens (including phenoxy) is 1. The van der Waals surface area contributed by atoms with Crippen LogP contribution in [0.1, 0.15) is 40.9 Å². The lowest BCUT2D eigenvalue weighted by molar-refractivity contribution is 0.0601. The molecule has 1 aliphatic rings. The van der Waals surface area contributed by atoms with Gasteiger partial charge in [-0.3, -0.25) is 9.78 Å². The van der Waals surface area contributed by atoms with Crippen molar-refractivity contribution >= 4 is 5.91 Å². The van der Waals surface area contributed by atoms with Crippen molar-refractivity contribution in [1.82, 2.24) is 29.6 Å². The molecular weight excluding hydrogens is 336 g/mol. The minimum Gasteiger partial charge on any atom is -0.484 e. The molecule has 0 spiro atoms. The van der Waals surface area contributed by atoms with Gasteiger partial charge in [0.2, 0.25) is 5.76 Å². The van der Waals surface area contributed by atoms with Crippen molar-refractivity contribution < 1.29 is 13.9 Å². The first kappa shape index (κ1) is 16.2. The number of carbonyl (C=O) groups is 1. The summed E-state index contributed by atoms with van der Waals surface area (Å²) in [6, 6.07) is 3.43. The number of fused-ring (bicyclic) bond motifs is 1. The van der Waals surface area contributed by atoms with Crippen LogP contribution in [0.2, 0.25) is 0 Å². The predicted octanol–water partition coefficient (Wildman–Crippen LogP) is 1.77. The summed E-state index contributed by atoms with van der Waals surface area (Å²) in [5.41, 5.74) is 0.583. The molecule has 134 valence electrons. The lowest BCUT2D eigenvalue weighted by Crippen LogP contribution is -2.41. The van der Waals surface area contributed by atoms with Crippen LogP contribution in [0.4, 0.5) is 0 Å². The Bertz CT molecular complexity index is 920. The highest BCUT2D eigenvalue weighted by molar-refractivity contribution is 5.92. The van der Waals surface area contributed by atoms with Gasteiger partial charge in [0.15, 0.2) is 18.0 Å². The van der Waals surface area contributed by atoms with E-state index in [2.05, 4.69) is 20.2 Å². The summed E-state index contributed by atoms with van der Waals surface area (Å²) in [5, 5.41) is 8.49. The van der Waals surface area contributed by atoms with Crippen LogP contribution in [0.3, 0.4) is 0 Å². The summed E-state index contributed by atoms with van der Waals surface area (Å²) in [6.45, 7) is 5.10. The number of hydrogen-bond donors (Lipinski definition) is 0. The second-order valence-corrected chi connectivity index (χ2v) is 6.04. The summed E-state index contributed by atoms with van der Waals surface area (Å²) in [5.74, 6) is 2.20. The number of aryl methyl sites for hydroxylation is 1. The van der Waals surface area contributed by atoms with Gasteiger partial charge < -0.3 is 18.6 Å². The number of hydrogen-bond acceptors (Lipinski definition) is 7. The van der Waals surface area contributed by atoms with Gasteiger partial charge in [-0.15, -0.1) is 10.2 Å². The average Bonchev–Trinajstić information content (AvgIpc) is 3.27. The Morgan fingerprint density at radius 1 is 1.38 bits per heavy atom. The number of amides is 1. The maximum atomic E-state index is 12.7. The monoisotopic (exact) mass is 354 g/mol. The SMILES string of the molecule is Cc1ncoc1C(=O)N1CCn2c(COc3cccnc3)nnc2[C@H]1C. The summed E-state index contributed by atoms with van der Waals surface area (Å²) in [7, 11) is 0. The van der Waals surface area contributed by atoms with E-state index in [-0.39, 0.29) is 17.7 Å². The smallest absolute Gasteiger partial charge is 0.292 e. The molecular formula is C17H18N6O3. The Labute approximate surface area is 149 Å². The molecule has 0 unspecified atom stereocenters. The van der Waals surface area contributed by atoms with Gasteiger partial charge in [-0.25, -0.2) is 4.98 Å². The van der Waals surface area contributed by atoms with E-state index >= 15 is 0 Å². The number of carbonyl (C=O) groups excluding carboxylic acids is 1. The molecule has 0 aliphatic carbocycles. The molecule has 0 N–H and O–H groups in total. The van der Waals surface area contributed by atoms with Crippen molar-refractivity contribution in [2.24, 2.45) is 0 Å². The Hall–Kier alpha value is -3.23. The van der Waals surface area contributed by atoms with Gasteiger partial charge in [-0.05, 0) is 26.0 Å². The third kappa shape index (κ3) is 2.81. The quantitative estimate of drug-likeness (QED) is 0.704. The van der Waals surface area contributed by atoms with Crippen LogP contribution in [0.25, 0.3) is 0 Å². The van der Waals surface area contributed by atoms with E-state index in [9.17, 15) is 4.79 Å². The minimum absolute atomic E-state index is 0.185. The van der Waals surface area contributed by atoms with Crippen LogP contribution in [0.15, 0.2) is 35.3 Å². The van der Waals surface area contributed by atoms with E-state index in [0.717, 1.165) is 11.6 Å². The largest absolute Gasteiger partial charge is 0.484 e. The van der Waals surface area contributed by atoms with Crippen LogP contribution in [0, 0.1) is 6.92 Å². The highest BCUT2D eigenvalue weighted by Gasteiger charge is 2.33. The molecule has 9 nitrogen and oxygen atoms in total. The van der Waals surface area contributed by atoms with Gasteiger partial charge >= 0.3 is 0 Å². The van der Waals surface area contributed by atoms with Crippen LogP contribution < -0.4 is 4.74 Å². The van der Waals surface area contributed by atoms with E-state index in [1.54, 1.807) is 24.2 Å². The molecule has 1 atom stereocenters. The molecule has 3 aromatic rings. The number of rotatable bonds is 4. The first-order valence-corrected chi connectivity index (χ1v) is 8.31. The highest BCUT2D eigenvalue weighted by atomic mass is 16.5. The third-order valence-electron chi connectivity index (χ3n) is 4.46. The first-order chi connectivity index (χ1) is 12.6. The van der Waals surface area contributed by atoms with Crippen molar-refractivity contribution in [3.8, 4) is 5.75 Å². The van der Waals surface area contributed by atoms with Crippen molar-refractivity contribution in [2.45, 2.75) is 33.0 Å². The maximum absolute atomic E-state index is 12.7. The van der Waals surface area contributed by atoms with Crippen molar-refractivity contribution in [3.05, 3.63) is 54.0 Å². The summed E-state index contributed by atoms with van der Waals surface area (Å²) >= 11 is 0. The molecule has 0 aromatic carbocycles. The predicted molar refractivity (Wildman–Crippen MR) is 89.3 cm³/mol. The van der Waals surface area contributed by atoms with Gasteiger partial charge in [0.25, 0.3) is 5.91 Å². The number of nitrogens with zero attached hydrogens (tertiary/aromatic N) is 6. The Morgan fingerprint density at radius 2 is 2.27 bits per heavy atom. The van der Waals surface area contributed by atoms with Crippen LogP contribution in [0.5, 0.6) is 5.75 Å². The van der Waals surface area contributed by atoms with E-state index in [1.807, 2.05) is 23.6 Å². The Balaban J connectivity index is 1.51. The third-order valence-corrected chi connectivity index (χ3v) is 4.46.